The van der Waals surface area contributed by atoms with Crippen LogP contribution in [0.5, 0.6) is 0 Å². The third-order valence-electron chi connectivity index (χ3n) is 8.52. The van der Waals surface area contributed by atoms with Crippen LogP contribution in [0.3, 0.4) is 0 Å². The summed E-state index contributed by atoms with van der Waals surface area (Å²) in [4.78, 5) is 0. The van der Waals surface area contributed by atoms with Crippen molar-refractivity contribution in [3.63, 3.8) is 0 Å². The fraction of sp³-hybridized carbons (Fsp3) is 0.250. The van der Waals surface area contributed by atoms with Gasteiger partial charge < -0.3 is 0 Å². The molecular weight excluding hydrogens is 480 g/mol. The van der Waals surface area contributed by atoms with Gasteiger partial charge in [-0.15, -0.1) is 0 Å². The van der Waals surface area contributed by atoms with E-state index in [0.29, 0.717) is 17.8 Å². The molecule has 2 aliphatic rings. The molecular formula is C40H40. The van der Waals surface area contributed by atoms with Gasteiger partial charge in [0, 0.05) is 0 Å². The first-order valence-electron chi connectivity index (χ1n) is 14.9. The molecule has 200 valence electrons. The minimum atomic E-state index is 0.415. The van der Waals surface area contributed by atoms with Gasteiger partial charge in [-0.25, -0.2) is 0 Å². The Morgan fingerprint density at radius 2 is 1.20 bits per heavy atom. The lowest BCUT2D eigenvalue weighted by Gasteiger charge is -2.27. The van der Waals surface area contributed by atoms with Gasteiger partial charge >= 0.3 is 0 Å². The molecule has 0 heterocycles. The Balaban J connectivity index is 1.95. The minimum absolute atomic E-state index is 0.415. The van der Waals surface area contributed by atoms with Crippen molar-refractivity contribution < 1.29 is 0 Å². The average molecular weight is 521 g/mol. The first-order chi connectivity index (χ1) is 19.4. The fourth-order valence-corrected chi connectivity index (χ4v) is 7.06. The standard InChI is InChI=1S/C40H40/c1-25(2)34-35(26(3)4)38(30-20-13-14-21-30)33-24-31-22-15-23-32(39(31)40(33)36(34)27(5)6)37(28-16-9-7-10-17-28)29-18-11-8-12-19-29/h7-20,22-27H,21H2,1-6H3. The van der Waals surface area contributed by atoms with Gasteiger partial charge in [-0.05, 0) is 101 Å². The van der Waals surface area contributed by atoms with E-state index in [0.717, 1.165) is 6.42 Å². The van der Waals surface area contributed by atoms with Crippen molar-refractivity contribution >= 4 is 17.2 Å². The second-order valence-corrected chi connectivity index (χ2v) is 12.2. The highest BCUT2D eigenvalue weighted by molar-refractivity contribution is 5.82. The Hall–Kier alpha value is -3.90. The number of benzene rings is 4. The summed E-state index contributed by atoms with van der Waals surface area (Å²) < 4.78 is 0. The predicted octanol–water partition coefficient (Wildman–Crippen LogP) is 9.08. The molecule has 0 amide bonds. The maximum absolute atomic E-state index is 2.50. The first kappa shape index (κ1) is 26.3. The molecule has 0 saturated heterocycles. The summed E-state index contributed by atoms with van der Waals surface area (Å²) in [5.41, 5.74) is 12.7. The molecule has 0 heteroatoms. The monoisotopic (exact) mass is 520 g/mol. The topological polar surface area (TPSA) is 0 Å². The summed E-state index contributed by atoms with van der Waals surface area (Å²) >= 11 is 0. The number of hydrogen-bond donors (Lipinski definition) is 0. The molecule has 40 heavy (non-hydrogen) atoms. The number of fused-ring (bicyclic) bond motifs is 2. The van der Waals surface area contributed by atoms with Crippen molar-refractivity contribution in [1.29, 1.82) is 0 Å². The largest absolute Gasteiger partial charge is 0.0801 e. The van der Waals surface area contributed by atoms with Gasteiger partial charge in [0.2, 0.25) is 0 Å². The van der Waals surface area contributed by atoms with Crippen LogP contribution in [-0.2, 0) is 0 Å². The van der Waals surface area contributed by atoms with Crippen molar-refractivity contribution in [3.05, 3.63) is 157 Å². The van der Waals surface area contributed by atoms with E-state index >= 15 is 0 Å². The van der Waals surface area contributed by atoms with Gasteiger partial charge in [-0.3, -0.25) is 0 Å². The van der Waals surface area contributed by atoms with E-state index in [9.17, 15) is 0 Å². The molecule has 0 radical (unpaired) electrons. The summed E-state index contributed by atoms with van der Waals surface area (Å²) in [5.74, 6) is 1.30. The van der Waals surface area contributed by atoms with Gasteiger partial charge in [0.1, 0.15) is 0 Å². The van der Waals surface area contributed by atoms with Crippen molar-refractivity contribution in [2.75, 3.05) is 0 Å². The van der Waals surface area contributed by atoms with Gasteiger partial charge in [0.15, 0.2) is 0 Å². The predicted molar refractivity (Wildman–Crippen MR) is 172 cm³/mol. The van der Waals surface area contributed by atoms with Gasteiger partial charge in [-0.2, -0.15) is 0 Å². The summed E-state index contributed by atoms with van der Waals surface area (Å²) in [6.07, 6.45) is 10.4. The van der Waals surface area contributed by atoms with E-state index in [-0.39, 0.29) is 0 Å². The van der Waals surface area contributed by atoms with Crippen LogP contribution in [0, 0.1) is 10.4 Å². The SMILES string of the molecule is CC(C)c1c(C(C)C)c(C(C)C)c2c(c1C1=CC=CC1)=Cc1cccc(=C(c3ccccc3)c3ccccc3)c1=2. The Kier molecular flexibility index (Phi) is 6.97. The maximum atomic E-state index is 2.50. The van der Waals surface area contributed by atoms with E-state index in [1.807, 2.05) is 0 Å². The van der Waals surface area contributed by atoms with Gasteiger partial charge in [-0.1, -0.05) is 139 Å². The number of hydrogen-bond acceptors (Lipinski definition) is 0. The van der Waals surface area contributed by atoms with E-state index in [1.165, 1.54) is 59.8 Å². The molecule has 2 aliphatic carbocycles. The molecule has 6 rings (SSSR count). The van der Waals surface area contributed by atoms with Crippen LogP contribution >= 0.6 is 0 Å². The summed E-state index contributed by atoms with van der Waals surface area (Å²) in [7, 11) is 0. The van der Waals surface area contributed by atoms with E-state index in [1.54, 1.807) is 11.1 Å². The van der Waals surface area contributed by atoms with E-state index < -0.39 is 0 Å². The molecule has 0 atom stereocenters. The molecule has 0 unspecified atom stereocenters. The van der Waals surface area contributed by atoms with Crippen LogP contribution in [0.2, 0.25) is 0 Å². The summed E-state index contributed by atoms with van der Waals surface area (Å²) in [5, 5.41) is 5.60. The second kappa shape index (κ2) is 10.6. The zero-order valence-corrected chi connectivity index (χ0v) is 24.8. The molecule has 4 aromatic rings. The van der Waals surface area contributed by atoms with Gasteiger partial charge in [0.25, 0.3) is 0 Å². The highest BCUT2D eigenvalue weighted by Gasteiger charge is 2.27. The highest BCUT2D eigenvalue weighted by atomic mass is 14.3. The Morgan fingerprint density at radius 1 is 0.600 bits per heavy atom. The van der Waals surface area contributed by atoms with Crippen LogP contribution in [0.1, 0.15) is 105 Å². The lowest BCUT2D eigenvalue weighted by Crippen LogP contribution is -2.22. The minimum Gasteiger partial charge on any atom is -0.0801 e. The fourth-order valence-electron chi connectivity index (χ4n) is 7.06. The molecule has 4 aromatic carbocycles. The molecule has 0 aliphatic heterocycles. The third-order valence-corrected chi connectivity index (χ3v) is 8.52. The maximum Gasteiger partial charge on any atom is -0.00230 e. The van der Waals surface area contributed by atoms with E-state index in [4.69, 9.17) is 0 Å². The molecule has 0 N–H and O–H groups in total. The molecule has 0 saturated carbocycles. The van der Waals surface area contributed by atoms with Crippen LogP contribution in [0.4, 0.5) is 0 Å². The lowest BCUT2D eigenvalue weighted by molar-refractivity contribution is 0.740. The zero-order valence-electron chi connectivity index (χ0n) is 24.8. The average Bonchev–Trinajstić information content (AvgIpc) is 3.61. The molecule has 0 spiro atoms. The molecule has 0 aromatic heterocycles. The van der Waals surface area contributed by atoms with Crippen LogP contribution in [0.25, 0.3) is 17.2 Å². The molecule has 0 bridgehead atoms. The third kappa shape index (κ3) is 4.31. The van der Waals surface area contributed by atoms with Crippen molar-refractivity contribution in [2.45, 2.75) is 65.7 Å². The zero-order chi connectivity index (χ0) is 28.0. The van der Waals surface area contributed by atoms with Crippen molar-refractivity contribution in [1.82, 2.24) is 0 Å². The smallest absolute Gasteiger partial charge is 0.00230 e. The van der Waals surface area contributed by atoms with Gasteiger partial charge in [0.05, 0.1) is 0 Å². The Labute approximate surface area is 239 Å². The molecule has 0 fully saturated rings. The Bertz CT molecular complexity index is 1820. The number of allylic oxidation sites excluding steroid dienone is 4. The van der Waals surface area contributed by atoms with Crippen LogP contribution < -0.4 is 10.4 Å². The van der Waals surface area contributed by atoms with Crippen molar-refractivity contribution in [3.8, 4) is 0 Å². The first-order valence-corrected chi connectivity index (χ1v) is 14.9. The normalized spacial score (nSPS) is 13.6. The quantitative estimate of drug-likeness (QED) is 0.209. The van der Waals surface area contributed by atoms with Crippen LogP contribution in [-0.4, -0.2) is 0 Å². The molecule has 0 nitrogen and oxygen atoms in total. The number of rotatable bonds is 6. The second-order valence-electron chi connectivity index (χ2n) is 12.2. The van der Waals surface area contributed by atoms with Crippen LogP contribution in [0.15, 0.2) is 97.1 Å². The Morgan fingerprint density at radius 3 is 1.73 bits per heavy atom. The summed E-state index contributed by atoms with van der Waals surface area (Å²) in [6.45, 7) is 14.3. The lowest BCUT2D eigenvalue weighted by atomic mass is 9.77. The highest BCUT2D eigenvalue weighted by Crippen LogP contribution is 2.39. The van der Waals surface area contributed by atoms with E-state index in [2.05, 4.69) is 145 Å². The van der Waals surface area contributed by atoms with Crippen molar-refractivity contribution in [2.24, 2.45) is 0 Å². The summed E-state index contributed by atoms with van der Waals surface area (Å²) in [6, 6.07) is 28.8.